The summed E-state index contributed by atoms with van der Waals surface area (Å²) in [6, 6.07) is 4.02. The maximum absolute atomic E-state index is 10.5. The molecule has 3 heteroatoms. The van der Waals surface area contributed by atoms with E-state index in [0.29, 0.717) is 5.92 Å². The fraction of sp³-hybridized carbons (Fsp3) is 0.400. The van der Waals surface area contributed by atoms with Gasteiger partial charge in [-0.2, -0.15) is 0 Å². The molecule has 0 saturated carbocycles. The molecule has 1 aliphatic heterocycles. The maximum atomic E-state index is 10.5. The number of likely N-dealkylation sites (tertiary alicyclic amines) is 1. The first-order chi connectivity index (χ1) is 6.40. The largest absolute Gasteiger partial charge is 0.345 e. The summed E-state index contributed by atoms with van der Waals surface area (Å²) < 4.78 is 0. The Bertz CT molecular complexity index is 286. The second kappa shape index (κ2) is 3.56. The minimum Gasteiger partial charge on any atom is -0.345 e. The van der Waals surface area contributed by atoms with Crippen LogP contribution in [-0.2, 0) is 4.79 Å². The van der Waals surface area contributed by atoms with Crippen molar-refractivity contribution in [3.8, 4) is 0 Å². The molecular formula is C10H12N2O. The van der Waals surface area contributed by atoms with Gasteiger partial charge in [0.1, 0.15) is 0 Å². The second-order valence-corrected chi connectivity index (χ2v) is 3.37. The van der Waals surface area contributed by atoms with Crippen LogP contribution in [0.4, 0.5) is 0 Å². The molecule has 1 unspecified atom stereocenters. The third-order valence-electron chi connectivity index (χ3n) is 2.52. The minimum atomic E-state index is 0.485. The Balaban J connectivity index is 2.08. The van der Waals surface area contributed by atoms with Gasteiger partial charge in [0.15, 0.2) is 0 Å². The molecule has 1 fully saturated rings. The Hall–Kier alpha value is -1.38. The zero-order chi connectivity index (χ0) is 9.10. The lowest BCUT2D eigenvalue weighted by Gasteiger charge is -2.09. The first-order valence-corrected chi connectivity index (χ1v) is 4.49. The van der Waals surface area contributed by atoms with Crippen molar-refractivity contribution in [2.45, 2.75) is 12.3 Å². The van der Waals surface area contributed by atoms with Crippen LogP contribution >= 0.6 is 0 Å². The molecule has 1 aromatic heterocycles. The summed E-state index contributed by atoms with van der Waals surface area (Å²) in [4.78, 5) is 16.4. The van der Waals surface area contributed by atoms with Gasteiger partial charge < -0.3 is 4.90 Å². The monoisotopic (exact) mass is 176 g/mol. The number of hydrogen-bond donors (Lipinski definition) is 0. The Morgan fingerprint density at radius 1 is 1.62 bits per heavy atom. The van der Waals surface area contributed by atoms with Crippen LogP contribution in [0.1, 0.15) is 17.9 Å². The number of aromatic nitrogens is 1. The van der Waals surface area contributed by atoms with Crippen LogP contribution in [0.5, 0.6) is 0 Å². The molecule has 1 amide bonds. The van der Waals surface area contributed by atoms with E-state index in [4.69, 9.17) is 0 Å². The summed E-state index contributed by atoms with van der Waals surface area (Å²) in [5.41, 5.74) is 1.24. The summed E-state index contributed by atoms with van der Waals surface area (Å²) in [7, 11) is 0. The third kappa shape index (κ3) is 1.69. The number of rotatable bonds is 2. The molecule has 1 aliphatic rings. The Morgan fingerprint density at radius 3 is 3.15 bits per heavy atom. The lowest BCUT2D eigenvalue weighted by molar-refractivity contribution is -0.117. The molecule has 0 N–H and O–H groups in total. The molecule has 1 aromatic rings. The molecule has 0 radical (unpaired) electrons. The van der Waals surface area contributed by atoms with Crippen molar-refractivity contribution in [3.05, 3.63) is 30.1 Å². The van der Waals surface area contributed by atoms with Crippen molar-refractivity contribution >= 4 is 6.41 Å². The van der Waals surface area contributed by atoms with Crippen LogP contribution in [0, 0.1) is 0 Å². The van der Waals surface area contributed by atoms with Gasteiger partial charge in [0.25, 0.3) is 0 Å². The number of carbonyl (C=O) groups excluding carboxylic acids is 1. The van der Waals surface area contributed by atoms with Crippen LogP contribution < -0.4 is 0 Å². The molecular weight excluding hydrogens is 164 g/mol. The van der Waals surface area contributed by atoms with Gasteiger partial charge in [-0.25, -0.2) is 0 Å². The molecule has 13 heavy (non-hydrogen) atoms. The summed E-state index contributed by atoms with van der Waals surface area (Å²) in [5.74, 6) is 0.485. The van der Waals surface area contributed by atoms with E-state index in [1.54, 1.807) is 6.20 Å². The highest BCUT2D eigenvalue weighted by atomic mass is 16.1. The average molecular weight is 176 g/mol. The lowest BCUT2D eigenvalue weighted by atomic mass is 10.0. The van der Waals surface area contributed by atoms with Crippen LogP contribution in [0.2, 0.25) is 0 Å². The van der Waals surface area contributed by atoms with Crippen molar-refractivity contribution in [2.24, 2.45) is 0 Å². The molecule has 1 saturated heterocycles. The SMILES string of the molecule is O=CN1CCC(c2cccnc2)C1. The van der Waals surface area contributed by atoms with Crippen LogP contribution in [0.15, 0.2) is 24.5 Å². The van der Waals surface area contributed by atoms with Gasteiger partial charge in [-0.05, 0) is 18.1 Å². The third-order valence-corrected chi connectivity index (χ3v) is 2.52. The van der Waals surface area contributed by atoms with E-state index in [-0.39, 0.29) is 0 Å². The molecule has 0 aromatic carbocycles. The van der Waals surface area contributed by atoms with E-state index < -0.39 is 0 Å². The van der Waals surface area contributed by atoms with Gasteiger partial charge in [0.2, 0.25) is 6.41 Å². The normalized spacial score (nSPS) is 21.8. The quantitative estimate of drug-likeness (QED) is 0.630. The highest BCUT2D eigenvalue weighted by molar-refractivity contribution is 5.48. The van der Waals surface area contributed by atoms with Gasteiger partial charge in [0.05, 0.1) is 0 Å². The van der Waals surface area contributed by atoms with Crippen LogP contribution in [0.25, 0.3) is 0 Å². The summed E-state index contributed by atoms with van der Waals surface area (Å²) in [5, 5.41) is 0. The number of amides is 1. The van der Waals surface area contributed by atoms with E-state index in [2.05, 4.69) is 11.1 Å². The molecule has 3 nitrogen and oxygen atoms in total. The molecule has 2 rings (SSSR count). The van der Waals surface area contributed by atoms with Crippen molar-refractivity contribution in [2.75, 3.05) is 13.1 Å². The first-order valence-electron chi connectivity index (χ1n) is 4.49. The number of nitrogens with zero attached hydrogens (tertiary/aromatic N) is 2. The van der Waals surface area contributed by atoms with Crippen molar-refractivity contribution < 1.29 is 4.79 Å². The topological polar surface area (TPSA) is 33.2 Å². The zero-order valence-corrected chi connectivity index (χ0v) is 7.39. The van der Waals surface area contributed by atoms with Gasteiger partial charge in [-0.1, -0.05) is 6.07 Å². The summed E-state index contributed by atoms with van der Waals surface area (Å²) in [6.45, 7) is 1.72. The molecule has 68 valence electrons. The van der Waals surface area contributed by atoms with E-state index in [0.717, 1.165) is 25.9 Å². The lowest BCUT2D eigenvalue weighted by Crippen LogP contribution is -2.17. The average Bonchev–Trinajstić information content (AvgIpc) is 2.67. The molecule has 2 heterocycles. The number of pyridine rings is 1. The fourth-order valence-corrected chi connectivity index (χ4v) is 1.77. The first kappa shape index (κ1) is 8.23. The van der Waals surface area contributed by atoms with Gasteiger partial charge >= 0.3 is 0 Å². The number of carbonyl (C=O) groups is 1. The highest BCUT2D eigenvalue weighted by Gasteiger charge is 2.22. The Kier molecular flexibility index (Phi) is 2.25. The fourth-order valence-electron chi connectivity index (χ4n) is 1.77. The van der Waals surface area contributed by atoms with Crippen LogP contribution in [0.3, 0.4) is 0 Å². The van der Waals surface area contributed by atoms with E-state index in [1.807, 2.05) is 17.2 Å². The maximum Gasteiger partial charge on any atom is 0.209 e. The molecule has 1 atom stereocenters. The van der Waals surface area contributed by atoms with Gasteiger partial charge in [0, 0.05) is 31.4 Å². The summed E-state index contributed by atoms with van der Waals surface area (Å²) in [6.07, 6.45) is 5.65. The molecule has 0 aliphatic carbocycles. The van der Waals surface area contributed by atoms with Crippen molar-refractivity contribution in [1.29, 1.82) is 0 Å². The predicted molar refractivity (Wildman–Crippen MR) is 49.2 cm³/mol. The second-order valence-electron chi connectivity index (χ2n) is 3.37. The molecule has 0 bridgehead atoms. The minimum absolute atomic E-state index is 0.485. The van der Waals surface area contributed by atoms with E-state index >= 15 is 0 Å². The standard InChI is InChI=1S/C10H12N2O/c13-8-12-5-3-10(7-12)9-2-1-4-11-6-9/h1-2,4,6,8,10H,3,5,7H2. The van der Waals surface area contributed by atoms with Crippen molar-refractivity contribution in [1.82, 2.24) is 9.88 Å². The molecule has 0 spiro atoms. The highest BCUT2D eigenvalue weighted by Crippen LogP contribution is 2.25. The van der Waals surface area contributed by atoms with Gasteiger partial charge in [-0.3, -0.25) is 9.78 Å². The van der Waals surface area contributed by atoms with Crippen molar-refractivity contribution in [3.63, 3.8) is 0 Å². The smallest absolute Gasteiger partial charge is 0.209 e. The van der Waals surface area contributed by atoms with E-state index in [9.17, 15) is 4.79 Å². The Labute approximate surface area is 77.4 Å². The predicted octanol–water partition coefficient (Wildman–Crippen LogP) is 1.03. The zero-order valence-electron chi connectivity index (χ0n) is 7.39. The van der Waals surface area contributed by atoms with E-state index in [1.165, 1.54) is 5.56 Å². The van der Waals surface area contributed by atoms with Gasteiger partial charge in [-0.15, -0.1) is 0 Å². The number of hydrogen-bond acceptors (Lipinski definition) is 2. The Morgan fingerprint density at radius 2 is 2.54 bits per heavy atom. The summed E-state index contributed by atoms with van der Waals surface area (Å²) >= 11 is 0. The van der Waals surface area contributed by atoms with Crippen LogP contribution in [-0.4, -0.2) is 29.4 Å².